The number of carbonyl (C=O) groups is 1. The Bertz CT molecular complexity index is 513. The number of hydrogen-bond acceptors (Lipinski definition) is 3. The molecular formula is C14H16FNO3. The first kappa shape index (κ1) is 13.5. The highest BCUT2D eigenvalue weighted by Crippen LogP contribution is 2.21. The zero-order chi connectivity index (χ0) is 13.8. The fourth-order valence-electron chi connectivity index (χ4n) is 2.06. The van der Waals surface area contributed by atoms with Crippen LogP contribution in [0.1, 0.15) is 16.8 Å². The van der Waals surface area contributed by atoms with Gasteiger partial charge in [-0.2, -0.15) is 0 Å². The van der Waals surface area contributed by atoms with Gasteiger partial charge in [-0.05, 0) is 30.2 Å². The van der Waals surface area contributed by atoms with E-state index in [1.807, 2.05) is 6.08 Å². The topological polar surface area (TPSA) is 49.8 Å². The molecule has 0 radical (unpaired) electrons. The highest BCUT2D eigenvalue weighted by Gasteiger charge is 2.21. The summed E-state index contributed by atoms with van der Waals surface area (Å²) in [6.45, 7) is 1.56. The number of phenols is 1. The summed E-state index contributed by atoms with van der Waals surface area (Å²) in [5, 5.41) is 9.62. The molecular weight excluding hydrogens is 249 g/mol. The SMILES string of the molecule is COCC1=CCN(C(=O)c2cc(F)ccc2O)CC1. The molecule has 1 aromatic carbocycles. The number of phenolic OH excluding ortho intramolecular Hbond substituents is 1. The summed E-state index contributed by atoms with van der Waals surface area (Å²) in [6.07, 6.45) is 2.66. The van der Waals surface area contributed by atoms with Gasteiger partial charge in [0.1, 0.15) is 11.6 Å². The van der Waals surface area contributed by atoms with Crippen molar-refractivity contribution in [1.29, 1.82) is 0 Å². The fraction of sp³-hybridized carbons (Fsp3) is 0.357. The van der Waals surface area contributed by atoms with Crippen LogP contribution in [0.25, 0.3) is 0 Å². The molecule has 0 fully saturated rings. The number of rotatable bonds is 3. The Kier molecular flexibility index (Phi) is 4.16. The van der Waals surface area contributed by atoms with E-state index >= 15 is 0 Å². The van der Waals surface area contributed by atoms with Crippen LogP contribution >= 0.6 is 0 Å². The van der Waals surface area contributed by atoms with Crippen LogP contribution in [0.3, 0.4) is 0 Å². The molecule has 1 aromatic rings. The minimum absolute atomic E-state index is 0.00333. The summed E-state index contributed by atoms with van der Waals surface area (Å²) in [6, 6.07) is 3.38. The van der Waals surface area contributed by atoms with Crippen molar-refractivity contribution in [3.63, 3.8) is 0 Å². The smallest absolute Gasteiger partial charge is 0.258 e. The summed E-state index contributed by atoms with van der Waals surface area (Å²) in [4.78, 5) is 13.8. The van der Waals surface area contributed by atoms with Crippen molar-refractivity contribution in [1.82, 2.24) is 4.90 Å². The van der Waals surface area contributed by atoms with Crippen LogP contribution in [-0.2, 0) is 4.74 Å². The molecule has 0 spiro atoms. The van der Waals surface area contributed by atoms with Crippen LogP contribution in [-0.4, -0.2) is 42.7 Å². The summed E-state index contributed by atoms with van der Waals surface area (Å²) < 4.78 is 18.2. The first-order valence-electron chi connectivity index (χ1n) is 6.06. The number of hydrogen-bond donors (Lipinski definition) is 1. The first-order valence-corrected chi connectivity index (χ1v) is 6.06. The normalized spacial score (nSPS) is 15.3. The molecule has 1 N–H and O–H groups in total. The van der Waals surface area contributed by atoms with Crippen molar-refractivity contribution < 1.29 is 19.0 Å². The summed E-state index contributed by atoms with van der Waals surface area (Å²) in [5.41, 5.74) is 1.15. The second kappa shape index (κ2) is 5.84. The van der Waals surface area contributed by atoms with Gasteiger partial charge in [-0.25, -0.2) is 4.39 Å². The Morgan fingerprint density at radius 2 is 2.32 bits per heavy atom. The second-order valence-electron chi connectivity index (χ2n) is 4.46. The van der Waals surface area contributed by atoms with Crippen molar-refractivity contribution in [2.24, 2.45) is 0 Å². The average Bonchev–Trinajstić information content (AvgIpc) is 2.42. The van der Waals surface area contributed by atoms with E-state index in [0.29, 0.717) is 19.7 Å². The van der Waals surface area contributed by atoms with Gasteiger partial charge in [0.05, 0.1) is 12.2 Å². The number of benzene rings is 1. The largest absolute Gasteiger partial charge is 0.507 e. The number of methoxy groups -OCH3 is 1. The zero-order valence-corrected chi connectivity index (χ0v) is 10.7. The van der Waals surface area contributed by atoms with Crippen LogP contribution < -0.4 is 0 Å². The van der Waals surface area contributed by atoms with E-state index in [9.17, 15) is 14.3 Å². The minimum Gasteiger partial charge on any atom is -0.507 e. The van der Waals surface area contributed by atoms with Gasteiger partial charge in [-0.3, -0.25) is 4.79 Å². The maximum Gasteiger partial charge on any atom is 0.258 e. The Morgan fingerprint density at radius 1 is 1.53 bits per heavy atom. The zero-order valence-electron chi connectivity index (χ0n) is 10.7. The number of amides is 1. The lowest BCUT2D eigenvalue weighted by molar-refractivity contribution is 0.0761. The Hall–Kier alpha value is -1.88. The molecule has 0 bridgehead atoms. The molecule has 2 rings (SSSR count). The Labute approximate surface area is 111 Å². The molecule has 102 valence electrons. The average molecular weight is 265 g/mol. The number of ether oxygens (including phenoxy) is 1. The van der Waals surface area contributed by atoms with E-state index in [1.54, 1.807) is 12.0 Å². The van der Waals surface area contributed by atoms with E-state index < -0.39 is 5.82 Å². The summed E-state index contributed by atoms with van der Waals surface area (Å²) in [7, 11) is 1.63. The van der Waals surface area contributed by atoms with Crippen molar-refractivity contribution in [2.75, 3.05) is 26.8 Å². The van der Waals surface area contributed by atoms with E-state index in [4.69, 9.17) is 4.74 Å². The highest BCUT2D eigenvalue weighted by atomic mass is 19.1. The van der Waals surface area contributed by atoms with Crippen LogP contribution in [0.4, 0.5) is 4.39 Å². The third-order valence-corrected chi connectivity index (χ3v) is 3.11. The predicted molar refractivity (Wildman–Crippen MR) is 68.5 cm³/mol. The molecule has 0 saturated carbocycles. The summed E-state index contributed by atoms with van der Waals surface area (Å²) >= 11 is 0. The van der Waals surface area contributed by atoms with Crippen LogP contribution in [0.5, 0.6) is 5.75 Å². The molecule has 0 saturated heterocycles. The van der Waals surface area contributed by atoms with Gasteiger partial charge >= 0.3 is 0 Å². The van der Waals surface area contributed by atoms with Crippen LogP contribution in [0.2, 0.25) is 0 Å². The molecule has 4 nitrogen and oxygen atoms in total. The lowest BCUT2D eigenvalue weighted by Gasteiger charge is -2.26. The molecule has 1 heterocycles. The molecule has 5 heteroatoms. The molecule has 1 amide bonds. The van der Waals surface area contributed by atoms with Crippen molar-refractivity contribution >= 4 is 5.91 Å². The maximum atomic E-state index is 13.1. The second-order valence-corrected chi connectivity index (χ2v) is 4.46. The third kappa shape index (κ3) is 3.12. The lowest BCUT2D eigenvalue weighted by Crippen LogP contribution is -2.35. The molecule has 19 heavy (non-hydrogen) atoms. The number of halogens is 1. The molecule has 0 atom stereocenters. The van der Waals surface area contributed by atoms with Gasteiger partial charge in [0, 0.05) is 20.2 Å². The van der Waals surface area contributed by atoms with E-state index in [2.05, 4.69) is 0 Å². The van der Waals surface area contributed by atoms with E-state index in [0.717, 1.165) is 24.1 Å². The maximum absolute atomic E-state index is 13.1. The molecule has 0 aromatic heterocycles. The van der Waals surface area contributed by atoms with Gasteiger partial charge < -0.3 is 14.7 Å². The molecule has 0 unspecified atom stereocenters. The summed E-state index contributed by atoms with van der Waals surface area (Å²) in [5.74, 6) is -1.09. The van der Waals surface area contributed by atoms with Gasteiger partial charge in [0.2, 0.25) is 0 Å². The van der Waals surface area contributed by atoms with E-state index in [1.165, 1.54) is 6.07 Å². The predicted octanol–water partition coefficient (Wildman–Crippen LogP) is 1.95. The lowest BCUT2D eigenvalue weighted by atomic mass is 10.1. The number of nitrogens with zero attached hydrogens (tertiary/aromatic N) is 1. The van der Waals surface area contributed by atoms with Crippen molar-refractivity contribution in [3.05, 3.63) is 41.2 Å². The molecule has 0 aliphatic carbocycles. The van der Waals surface area contributed by atoms with Gasteiger partial charge in [-0.1, -0.05) is 6.08 Å². The van der Waals surface area contributed by atoms with Gasteiger partial charge in [0.15, 0.2) is 0 Å². The van der Waals surface area contributed by atoms with Gasteiger partial charge in [-0.15, -0.1) is 0 Å². The quantitative estimate of drug-likeness (QED) is 0.850. The molecule has 1 aliphatic rings. The third-order valence-electron chi connectivity index (χ3n) is 3.11. The fourth-order valence-corrected chi connectivity index (χ4v) is 2.06. The van der Waals surface area contributed by atoms with E-state index in [-0.39, 0.29) is 17.2 Å². The van der Waals surface area contributed by atoms with Crippen LogP contribution in [0, 0.1) is 5.82 Å². The monoisotopic (exact) mass is 265 g/mol. The number of carbonyl (C=O) groups excluding carboxylic acids is 1. The van der Waals surface area contributed by atoms with Gasteiger partial charge in [0.25, 0.3) is 5.91 Å². The van der Waals surface area contributed by atoms with Crippen molar-refractivity contribution in [2.45, 2.75) is 6.42 Å². The Morgan fingerprint density at radius 3 is 2.95 bits per heavy atom. The standard InChI is InChI=1S/C14H16FNO3/c1-19-9-10-4-6-16(7-5-10)14(18)12-8-11(15)2-3-13(12)17/h2-4,8,17H,5-7,9H2,1H3. The van der Waals surface area contributed by atoms with Crippen molar-refractivity contribution in [3.8, 4) is 5.75 Å². The first-order chi connectivity index (χ1) is 9.11. The van der Waals surface area contributed by atoms with Crippen LogP contribution in [0.15, 0.2) is 29.8 Å². The number of aromatic hydroxyl groups is 1. The highest BCUT2D eigenvalue weighted by molar-refractivity contribution is 5.97. The Balaban J connectivity index is 2.11. The molecule has 1 aliphatic heterocycles. The minimum atomic E-state index is -0.534.